The van der Waals surface area contributed by atoms with E-state index in [9.17, 15) is 0 Å². The Morgan fingerprint density at radius 3 is 2.86 bits per heavy atom. The minimum absolute atomic E-state index is 0.177. The van der Waals surface area contributed by atoms with E-state index in [1.54, 1.807) is 0 Å². The van der Waals surface area contributed by atoms with Gasteiger partial charge in [0.15, 0.2) is 0 Å². The predicted molar refractivity (Wildman–Crippen MR) is 108 cm³/mol. The highest BCUT2D eigenvalue weighted by atomic mass is 16.5. The van der Waals surface area contributed by atoms with Gasteiger partial charge in [0, 0.05) is 41.3 Å². The second kappa shape index (κ2) is 5.92. The van der Waals surface area contributed by atoms with Crippen molar-refractivity contribution < 1.29 is 4.52 Å². The zero-order valence-corrected chi connectivity index (χ0v) is 16.6. The number of hydrogen-bond acceptors (Lipinski definition) is 4. The quantitative estimate of drug-likeness (QED) is 0.566. The maximum Gasteiger partial charge on any atom is 0.143 e. The van der Waals surface area contributed by atoms with Gasteiger partial charge in [-0.05, 0) is 30.7 Å². The Hall–Kier alpha value is -3.15. The van der Waals surface area contributed by atoms with Gasteiger partial charge in [-0.3, -0.25) is 9.78 Å². The summed E-state index contributed by atoms with van der Waals surface area (Å²) in [4.78, 5) is 0. The van der Waals surface area contributed by atoms with E-state index >= 15 is 0 Å². The number of hydrogen-bond donors (Lipinski definition) is 1. The van der Waals surface area contributed by atoms with Crippen molar-refractivity contribution in [3.05, 3.63) is 77.1 Å². The molecule has 0 fully saturated rings. The van der Waals surface area contributed by atoms with Crippen molar-refractivity contribution >= 4 is 0 Å². The number of aromatic nitrogens is 5. The van der Waals surface area contributed by atoms with Crippen LogP contribution in [0.5, 0.6) is 0 Å². The van der Waals surface area contributed by atoms with Crippen molar-refractivity contribution in [3.8, 4) is 11.3 Å². The molecule has 0 amide bonds. The van der Waals surface area contributed by atoms with Gasteiger partial charge in [0.1, 0.15) is 5.76 Å². The molecule has 3 atom stereocenters. The van der Waals surface area contributed by atoms with E-state index in [-0.39, 0.29) is 5.41 Å². The van der Waals surface area contributed by atoms with E-state index in [2.05, 4.69) is 58.8 Å². The van der Waals surface area contributed by atoms with Crippen molar-refractivity contribution in [1.29, 1.82) is 0 Å². The summed E-state index contributed by atoms with van der Waals surface area (Å²) in [5.41, 5.74) is 7.06. The number of benzene rings is 1. The third-order valence-corrected chi connectivity index (χ3v) is 7.07. The molecule has 0 aliphatic heterocycles. The van der Waals surface area contributed by atoms with Gasteiger partial charge in [-0.15, -0.1) is 0 Å². The third kappa shape index (κ3) is 2.20. The lowest BCUT2D eigenvalue weighted by Gasteiger charge is -2.48. The highest BCUT2D eigenvalue weighted by Gasteiger charge is 2.54. The molecule has 146 valence electrons. The number of nitrogens with zero attached hydrogens (tertiary/aromatic N) is 4. The maximum atomic E-state index is 5.67. The molecule has 0 radical (unpaired) electrons. The molecule has 0 spiro atoms. The first kappa shape index (κ1) is 16.8. The molecular weight excluding hydrogens is 362 g/mol. The van der Waals surface area contributed by atoms with E-state index in [0.29, 0.717) is 11.8 Å². The van der Waals surface area contributed by atoms with Crippen LogP contribution in [0.2, 0.25) is 0 Å². The molecule has 0 unspecified atom stereocenters. The summed E-state index contributed by atoms with van der Waals surface area (Å²) in [5.74, 6) is 1.77. The molecule has 6 heteroatoms. The summed E-state index contributed by atoms with van der Waals surface area (Å²) >= 11 is 0. The lowest BCUT2D eigenvalue weighted by atomic mass is 9.53. The average Bonchev–Trinajstić information content (AvgIpc) is 3.47. The lowest BCUT2D eigenvalue weighted by molar-refractivity contribution is 0.190. The molecule has 3 heterocycles. The number of rotatable bonds is 2. The second-order valence-corrected chi connectivity index (χ2v) is 8.49. The Labute approximate surface area is 168 Å². The van der Waals surface area contributed by atoms with Crippen molar-refractivity contribution in [2.24, 2.45) is 13.0 Å². The van der Waals surface area contributed by atoms with Gasteiger partial charge in [0.25, 0.3) is 0 Å². The van der Waals surface area contributed by atoms with Crippen molar-refractivity contribution in [1.82, 2.24) is 25.1 Å². The predicted octanol–water partition coefficient (Wildman–Crippen LogP) is 4.01. The molecule has 4 aromatic rings. The van der Waals surface area contributed by atoms with Gasteiger partial charge in [0.05, 0.1) is 23.8 Å². The van der Waals surface area contributed by atoms with Crippen LogP contribution in [0, 0.1) is 5.92 Å². The van der Waals surface area contributed by atoms with Crippen molar-refractivity contribution in [3.63, 3.8) is 0 Å². The first-order valence-corrected chi connectivity index (χ1v) is 10.2. The third-order valence-electron chi connectivity index (χ3n) is 7.07. The average molecular weight is 385 g/mol. The van der Waals surface area contributed by atoms with E-state index in [1.807, 2.05) is 24.1 Å². The number of fused-ring (bicyclic) bond motifs is 4. The summed E-state index contributed by atoms with van der Waals surface area (Å²) in [7, 11) is 1.95. The molecule has 6 nitrogen and oxygen atoms in total. The highest BCUT2D eigenvalue weighted by Crippen LogP contribution is 2.57. The molecule has 2 aliphatic rings. The second-order valence-electron chi connectivity index (χ2n) is 8.49. The van der Waals surface area contributed by atoms with Crippen LogP contribution in [0.4, 0.5) is 0 Å². The molecule has 1 N–H and O–H groups in total. The van der Waals surface area contributed by atoms with Crippen LogP contribution >= 0.6 is 0 Å². The van der Waals surface area contributed by atoms with Crippen molar-refractivity contribution in [2.45, 2.75) is 37.5 Å². The molecule has 2 aliphatic carbocycles. The van der Waals surface area contributed by atoms with Gasteiger partial charge in [0.2, 0.25) is 0 Å². The monoisotopic (exact) mass is 385 g/mol. The summed E-state index contributed by atoms with van der Waals surface area (Å²) in [6, 6.07) is 10.9. The van der Waals surface area contributed by atoms with Gasteiger partial charge in [-0.25, -0.2) is 0 Å². The van der Waals surface area contributed by atoms with Gasteiger partial charge < -0.3 is 4.52 Å². The molecule has 29 heavy (non-hydrogen) atoms. The number of nitrogens with one attached hydrogen (secondary N) is 1. The minimum Gasteiger partial charge on any atom is -0.361 e. The summed E-state index contributed by atoms with van der Waals surface area (Å²) in [5, 5.41) is 16.8. The molecule has 3 aromatic heterocycles. The Bertz CT molecular complexity index is 1190. The number of H-pyrrole nitrogens is 1. The first-order valence-electron chi connectivity index (χ1n) is 10.2. The maximum absolute atomic E-state index is 5.67. The fourth-order valence-electron chi connectivity index (χ4n) is 5.83. The molecule has 6 rings (SSSR count). The van der Waals surface area contributed by atoms with Crippen LogP contribution in [0.1, 0.15) is 47.4 Å². The fourth-order valence-corrected chi connectivity index (χ4v) is 5.83. The van der Waals surface area contributed by atoms with E-state index in [4.69, 9.17) is 9.62 Å². The molecule has 0 saturated heterocycles. The Morgan fingerprint density at radius 2 is 2.07 bits per heavy atom. The highest BCUT2D eigenvalue weighted by molar-refractivity contribution is 5.65. The molecule has 0 saturated carbocycles. The standard InChI is InChI=1S/C23H23N5O/c1-14-19-9-8-18-20(16-11-24-28(2)13-16)26-27-22(18)23(19,17-6-4-3-5-7-17)10-15-12-25-29-21(14)15/h3-7,11-14,19H,8-10H2,1-2H3,(H,26,27)/t14-,19-,23+/m0/s1. The summed E-state index contributed by atoms with van der Waals surface area (Å²) in [6.45, 7) is 2.28. The van der Waals surface area contributed by atoms with Gasteiger partial charge in [-0.1, -0.05) is 42.4 Å². The van der Waals surface area contributed by atoms with Crippen molar-refractivity contribution in [2.75, 3.05) is 0 Å². The molecule has 1 aromatic carbocycles. The van der Waals surface area contributed by atoms with Crippen LogP contribution in [0.15, 0.2) is 53.4 Å². The summed E-state index contributed by atoms with van der Waals surface area (Å²) < 4.78 is 7.51. The van der Waals surface area contributed by atoms with Crippen LogP contribution in [-0.2, 0) is 25.3 Å². The zero-order valence-electron chi connectivity index (χ0n) is 16.6. The normalized spacial score (nSPS) is 25.3. The van der Waals surface area contributed by atoms with Crippen LogP contribution in [0.3, 0.4) is 0 Å². The largest absolute Gasteiger partial charge is 0.361 e. The Balaban J connectivity index is 1.61. The van der Waals surface area contributed by atoms with E-state index in [0.717, 1.165) is 36.3 Å². The fraction of sp³-hybridized carbons (Fsp3) is 0.348. The molecule has 0 bridgehead atoms. The van der Waals surface area contributed by atoms with E-state index < -0.39 is 0 Å². The van der Waals surface area contributed by atoms with Gasteiger partial charge in [-0.2, -0.15) is 10.2 Å². The minimum atomic E-state index is -0.177. The first-order chi connectivity index (χ1) is 14.2. The zero-order chi connectivity index (χ0) is 19.6. The van der Waals surface area contributed by atoms with Gasteiger partial charge >= 0.3 is 0 Å². The Kier molecular flexibility index (Phi) is 3.43. The smallest absolute Gasteiger partial charge is 0.143 e. The van der Waals surface area contributed by atoms with Crippen LogP contribution < -0.4 is 0 Å². The SMILES string of the molecule is C[C@@H]1c2oncc2C[C@]2(c3ccccc3)c3n[nH]c(-c4cnn(C)c4)c3CC[C@@H]12. The summed E-state index contributed by atoms with van der Waals surface area (Å²) in [6.07, 6.45) is 8.83. The van der Waals surface area contributed by atoms with Crippen LogP contribution in [0.25, 0.3) is 11.3 Å². The Morgan fingerprint density at radius 1 is 1.21 bits per heavy atom. The number of aryl methyl sites for hydroxylation is 1. The lowest BCUT2D eigenvalue weighted by Crippen LogP contribution is -2.47. The molecular formula is C23H23N5O. The van der Waals surface area contributed by atoms with Crippen LogP contribution in [-0.4, -0.2) is 25.1 Å². The van der Waals surface area contributed by atoms with E-state index in [1.165, 1.54) is 22.4 Å². The topological polar surface area (TPSA) is 72.5 Å². The number of aromatic amines is 1.